The lowest BCUT2D eigenvalue weighted by Crippen LogP contribution is -2.46. The first kappa shape index (κ1) is 15.1. The summed E-state index contributed by atoms with van der Waals surface area (Å²) in [7, 11) is 0. The third-order valence-electron chi connectivity index (χ3n) is 5.00. The van der Waals surface area contributed by atoms with Gasteiger partial charge in [0.2, 0.25) is 0 Å². The number of benzene rings is 2. The van der Waals surface area contributed by atoms with Gasteiger partial charge < -0.3 is 10.6 Å². The van der Waals surface area contributed by atoms with Gasteiger partial charge in [0.1, 0.15) is 11.6 Å². The maximum atomic E-state index is 13.1. The largest absolute Gasteiger partial charge is 0.329 e. The SMILES string of the molecule is O=C(NC1(c2ccc(F)cc2)CC1)NC1(c2ccc(F)cc2)CC1. The molecule has 0 unspecified atom stereocenters. The molecule has 0 saturated heterocycles. The molecule has 2 aliphatic rings. The number of hydrogen-bond acceptors (Lipinski definition) is 1. The van der Waals surface area contributed by atoms with Crippen LogP contribution in [0.1, 0.15) is 36.8 Å². The summed E-state index contributed by atoms with van der Waals surface area (Å²) in [6.45, 7) is 0. The smallest absolute Gasteiger partial charge is 0.316 e. The summed E-state index contributed by atoms with van der Waals surface area (Å²) in [4.78, 5) is 12.5. The van der Waals surface area contributed by atoms with Crippen LogP contribution >= 0.6 is 0 Å². The average molecular weight is 328 g/mol. The van der Waals surface area contributed by atoms with E-state index in [0.29, 0.717) is 0 Å². The van der Waals surface area contributed by atoms with E-state index in [4.69, 9.17) is 0 Å². The molecule has 0 aliphatic heterocycles. The molecule has 2 amide bonds. The van der Waals surface area contributed by atoms with Gasteiger partial charge >= 0.3 is 6.03 Å². The van der Waals surface area contributed by atoms with Crippen molar-refractivity contribution in [3.8, 4) is 0 Å². The van der Waals surface area contributed by atoms with E-state index in [-0.39, 0.29) is 17.7 Å². The van der Waals surface area contributed by atoms with Crippen molar-refractivity contribution in [2.75, 3.05) is 0 Å². The number of hydrogen-bond donors (Lipinski definition) is 2. The minimum absolute atomic E-state index is 0.237. The number of carbonyl (C=O) groups excluding carboxylic acids is 1. The van der Waals surface area contributed by atoms with Crippen molar-refractivity contribution in [1.29, 1.82) is 0 Å². The van der Waals surface area contributed by atoms with Crippen LogP contribution in [0.2, 0.25) is 0 Å². The Bertz CT molecular complexity index is 697. The van der Waals surface area contributed by atoms with Crippen LogP contribution < -0.4 is 10.6 Å². The van der Waals surface area contributed by atoms with E-state index < -0.39 is 11.1 Å². The Morgan fingerprint density at radius 1 is 0.708 bits per heavy atom. The summed E-state index contributed by atoms with van der Waals surface area (Å²) in [6.07, 6.45) is 3.37. The Morgan fingerprint density at radius 3 is 1.33 bits per heavy atom. The summed E-state index contributed by atoms with van der Waals surface area (Å²) in [5.41, 5.74) is 1.06. The topological polar surface area (TPSA) is 41.1 Å². The highest BCUT2D eigenvalue weighted by Crippen LogP contribution is 2.47. The number of halogens is 2. The van der Waals surface area contributed by atoms with Gasteiger partial charge in [-0.1, -0.05) is 24.3 Å². The minimum atomic E-state index is -0.392. The highest BCUT2D eigenvalue weighted by atomic mass is 19.1. The molecule has 3 nitrogen and oxygen atoms in total. The number of nitrogens with one attached hydrogen (secondary N) is 2. The number of urea groups is 1. The van der Waals surface area contributed by atoms with Gasteiger partial charge in [-0.25, -0.2) is 13.6 Å². The van der Waals surface area contributed by atoms with E-state index in [2.05, 4.69) is 10.6 Å². The lowest BCUT2D eigenvalue weighted by atomic mass is 10.0. The quantitative estimate of drug-likeness (QED) is 0.877. The highest BCUT2D eigenvalue weighted by molar-refractivity contribution is 5.77. The summed E-state index contributed by atoms with van der Waals surface area (Å²) < 4.78 is 26.2. The molecule has 2 aromatic carbocycles. The molecule has 0 aromatic heterocycles. The first-order valence-corrected chi connectivity index (χ1v) is 8.14. The van der Waals surface area contributed by atoms with E-state index in [0.717, 1.165) is 36.8 Å². The third kappa shape index (κ3) is 2.75. The molecule has 0 bridgehead atoms. The molecule has 0 spiro atoms. The molecule has 5 heteroatoms. The lowest BCUT2D eigenvalue weighted by molar-refractivity contribution is 0.230. The van der Waals surface area contributed by atoms with Gasteiger partial charge in [-0.15, -0.1) is 0 Å². The fourth-order valence-corrected chi connectivity index (χ4v) is 3.23. The van der Waals surface area contributed by atoms with E-state index in [1.807, 2.05) is 0 Å². The maximum absolute atomic E-state index is 13.1. The van der Waals surface area contributed by atoms with Crippen LogP contribution in [0.4, 0.5) is 13.6 Å². The molecular weight excluding hydrogens is 310 g/mol. The first-order valence-electron chi connectivity index (χ1n) is 8.14. The van der Waals surface area contributed by atoms with Gasteiger partial charge in [-0.05, 0) is 61.1 Å². The third-order valence-corrected chi connectivity index (χ3v) is 5.00. The fourth-order valence-electron chi connectivity index (χ4n) is 3.23. The number of carbonyl (C=O) groups is 1. The standard InChI is InChI=1S/C19H18F2N2O/c20-15-5-1-13(2-6-15)18(9-10-18)22-17(24)23-19(11-12-19)14-3-7-16(21)8-4-14/h1-8H,9-12H2,(H2,22,23,24). The zero-order valence-electron chi connectivity index (χ0n) is 13.1. The molecule has 2 aromatic rings. The van der Waals surface area contributed by atoms with Crippen molar-refractivity contribution in [2.45, 2.75) is 36.8 Å². The van der Waals surface area contributed by atoms with Crippen LogP contribution in [-0.4, -0.2) is 6.03 Å². The van der Waals surface area contributed by atoms with E-state index in [9.17, 15) is 13.6 Å². The Kier molecular flexibility index (Phi) is 3.34. The molecule has 2 fully saturated rings. The van der Waals surface area contributed by atoms with Gasteiger partial charge in [0.25, 0.3) is 0 Å². The van der Waals surface area contributed by atoms with E-state index in [1.165, 1.54) is 24.3 Å². The van der Waals surface area contributed by atoms with Gasteiger partial charge in [-0.2, -0.15) is 0 Å². The Morgan fingerprint density at radius 2 is 1.04 bits per heavy atom. The molecule has 0 heterocycles. The van der Waals surface area contributed by atoms with Crippen molar-refractivity contribution >= 4 is 6.03 Å². The Balaban J connectivity index is 1.45. The monoisotopic (exact) mass is 328 g/mol. The minimum Gasteiger partial charge on any atom is -0.329 e. The van der Waals surface area contributed by atoms with Gasteiger partial charge in [0, 0.05) is 0 Å². The lowest BCUT2D eigenvalue weighted by Gasteiger charge is -2.23. The Labute approximate surface area is 139 Å². The summed E-state index contributed by atoms with van der Waals surface area (Å²) in [5, 5.41) is 6.07. The van der Waals surface area contributed by atoms with E-state index in [1.54, 1.807) is 24.3 Å². The first-order chi connectivity index (χ1) is 11.5. The summed E-state index contributed by atoms with van der Waals surface area (Å²) >= 11 is 0. The fraction of sp³-hybridized carbons (Fsp3) is 0.316. The second-order valence-electron chi connectivity index (χ2n) is 6.76. The van der Waals surface area contributed by atoms with Crippen LogP contribution in [0.25, 0.3) is 0 Å². The molecule has 2 N–H and O–H groups in total. The second kappa shape index (κ2) is 5.30. The van der Waals surface area contributed by atoms with Crippen molar-refractivity contribution in [3.05, 3.63) is 71.3 Å². The molecule has 0 atom stereocenters. The van der Waals surface area contributed by atoms with Crippen molar-refractivity contribution in [2.24, 2.45) is 0 Å². The number of amides is 2. The maximum Gasteiger partial charge on any atom is 0.316 e. The van der Waals surface area contributed by atoms with Gasteiger partial charge in [0.05, 0.1) is 11.1 Å². The van der Waals surface area contributed by atoms with Crippen LogP contribution in [0.5, 0.6) is 0 Å². The average Bonchev–Trinajstić information content (AvgIpc) is 3.47. The normalized spacial score (nSPS) is 19.4. The molecule has 2 aliphatic carbocycles. The molecule has 2 saturated carbocycles. The molecule has 124 valence electrons. The van der Waals surface area contributed by atoms with Crippen molar-refractivity contribution in [3.63, 3.8) is 0 Å². The van der Waals surface area contributed by atoms with E-state index >= 15 is 0 Å². The highest BCUT2D eigenvalue weighted by Gasteiger charge is 2.49. The summed E-state index contributed by atoms with van der Waals surface area (Å²) in [6, 6.07) is 12.3. The Hall–Kier alpha value is -2.43. The van der Waals surface area contributed by atoms with Crippen LogP contribution in [-0.2, 0) is 11.1 Å². The van der Waals surface area contributed by atoms with Crippen LogP contribution in [0.3, 0.4) is 0 Å². The van der Waals surface area contributed by atoms with Crippen LogP contribution in [0.15, 0.2) is 48.5 Å². The molecule has 4 rings (SSSR count). The second-order valence-corrected chi connectivity index (χ2v) is 6.76. The van der Waals surface area contributed by atoms with Gasteiger partial charge in [0.15, 0.2) is 0 Å². The molecule has 24 heavy (non-hydrogen) atoms. The molecular formula is C19H18F2N2O. The predicted molar refractivity (Wildman–Crippen MR) is 86.3 cm³/mol. The summed E-state index contributed by atoms with van der Waals surface area (Å²) in [5.74, 6) is -0.570. The zero-order valence-corrected chi connectivity index (χ0v) is 13.1. The van der Waals surface area contributed by atoms with Crippen molar-refractivity contribution in [1.82, 2.24) is 10.6 Å². The van der Waals surface area contributed by atoms with Gasteiger partial charge in [-0.3, -0.25) is 0 Å². The molecule has 0 radical (unpaired) electrons. The van der Waals surface area contributed by atoms with Crippen LogP contribution in [0, 0.1) is 11.6 Å². The zero-order chi connectivity index (χ0) is 16.8. The number of rotatable bonds is 4. The van der Waals surface area contributed by atoms with Crippen molar-refractivity contribution < 1.29 is 13.6 Å². The predicted octanol–water partition coefficient (Wildman–Crippen LogP) is 3.94.